The Hall–Kier alpha value is -0.240. The fraction of sp³-hybridized carbons (Fsp3) is 1.00. The fourth-order valence-corrected chi connectivity index (χ4v) is 6.03. The molecule has 4 heterocycles. The molecule has 0 N–H and O–H groups in total. The van der Waals surface area contributed by atoms with Gasteiger partial charge in [0.05, 0.1) is 31.0 Å². The third kappa shape index (κ3) is 4.14. The van der Waals surface area contributed by atoms with Crippen molar-refractivity contribution in [3.8, 4) is 0 Å². The second-order valence-electron chi connectivity index (χ2n) is 8.67. The van der Waals surface area contributed by atoms with E-state index >= 15 is 0 Å². The molecule has 9 unspecified atom stereocenters. The number of hydrogen-bond acceptors (Lipinski definition) is 6. The molecule has 28 heavy (non-hydrogen) atoms. The quantitative estimate of drug-likeness (QED) is 0.626. The molecular formula is C22H38O6. The molecule has 0 aromatic carbocycles. The van der Waals surface area contributed by atoms with Crippen molar-refractivity contribution in [1.29, 1.82) is 0 Å². The van der Waals surface area contributed by atoms with Gasteiger partial charge in [-0.1, -0.05) is 0 Å². The first-order valence-electron chi connectivity index (χ1n) is 11.4. The largest absolute Gasteiger partial charge is 0.378 e. The number of rotatable bonds is 8. The van der Waals surface area contributed by atoms with E-state index in [0.29, 0.717) is 30.3 Å². The van der Waals surface area contributed by atoms with Crippen LogP contribution < -0.4 is 0 Å². The zero-order valence-electron chi connectivity index (χ0n) is 17.7. The van der Waals surface area contributed by atoms with E-state index in [0.717, 1.165) is 58.7 Å². The molecule has 0 bridgehead atoms. The van der Waals surface area contributed by atoms with Crippen LogP contribution in [0.2, 0.25) is 0 Å². The molecule has 0 aliphatic carbocycles. The van der Waals surface area contributed by atoms with Crippen molar-refractivity contribution in [2.75, 3.05) is 39.6 Å². The second-order valence-corrected chi connectivity index (χ2v) is 8.67. The van der Waals surface area contributed by atoms with Gasteiger partial charge in [0.25, 0.3) is 0 Å². The van der Waals surface area contributed by atoms with Crippen molar-refractivity contribution in [3.05, 3.63) is 0 Å². The van der Waals surface area contributed by atoms with Gasteiger partial charge in [-0.2, -0.15) is 0 Å². The molecular weight excluding hydrogens is 360 g/mol. The highest BCUT2D eigenvalue weighted by atomic mass is 16.7. The summed E-state index contributed by atoms with van der Waals surface area (Å²) in [6, 6.07) is 0. The SMILES string of the molecule is CCOC(C)C1CCOC1C1CCOC1C1CCOC1C1CCOC1OCC. The van der Waals surface area contributed by atoms with Crippen LogP contribution >= 0.6 is 0 Å². The Balaban J connectivity index is 1.46. The minimum absolute atomic E-state index is 0.135. The summed E-state index contributed by atoms with van der Waals surface area (Å²) in [5, 5.41) is 0. The Labute approximate surface area is 169 Å². The highest BCUT2D eigenvalue weighted by molar-refractivity contribution is 4.99. The highest BCUT2D eigenvalue weighted by Gasteiger charge is 2.52. The lowest BCUT2D eigenvalue weighted by Gasteiger charge is -2.36. The monoisotopic (exact) mass is 398 g/mol. The standard InChI is InChI=1S/C22H38O6/c1-4-23-14(3)15-6-10-25-19(15)16-7-11-26-20(16)17-8-12-27-21(17)18-9-13-28-22(18)24-5-2/h14-22H,4-13H2,1-3H3. The minimum atomic E-state index is -0.135. The summed E-state index contributed by atoms with van der Waals surface area (Å²) in [4.78, 5) is 0. The molecule has 0 amide bonds. The Morgan fingerprint density at radius 2 is 1.29 bits per heavy atom. The lowest BCUT2D eigenvalue weighted by molar-refractivity contribution is -0.156. The Bertz CT molecular complexity index is 488. The third-order valence-corrected chi connectivity index (χ3v) is 7.26. The van der Waals surface area contributed by atoms with Gasteiger partial charge in [0.1, 0.15) is 0 Å². The normalized spacial score (nSPS) is 45.1. The van der Waals surface area contributed by atoms with E-state index in [2.05, 4.69) is 13.8 Å². The van der Waals surface area contributed by atoms with Crippen LogP contribution in [0, 0.1) is 23.7 Å². The smallest absolute Gasteiger partial charge is 0.162 e. The molecule has 4 fully saturated rings. The fourth-order valence-electron chi connectivity index (χ4n) is 6.03. The summed E-state index contributed by atoms with van der Waals surface area (Å²) < 4.78 is 36.5. The van der Waals surface area contributed by atoms with E-state index in [4.69, 9.17) is 28.4 Å². The minimum Gasteiger partial charge on any atom is -0.378 e. The molecule has 162 valence electrons. The van der Waals surface area contributed by atoms with E-state index in [9.17, 15) is 0 Å². The number of ether oxygens (including phenoxy) is 6. The molecule has 0 aromatic rings. The van der Waals surface area contributed by atoms with E-state index in [1.165, 1.54) is 0 Å². The van der Waals surface area contributed by atoms with Gasteiger partial charge in [-0.05, 0) is 46.5 Å². The first-order valence-corrected chi connectivity index (χ1v) is 11.4. The molecule has 4 saturated heterocycles. The van der Waals surface area contributed by atoms with Crippen LogP contribution in [0.15, 0.2) is 0 Å². The van der Waals surface area contributed by atoms with E-state index in [-0.39, 0.29) is 30.7 Å². The van der Waals surface area contributed by atoms with Gasteiger partial charge in [-0.25, -0.2) is 0 Å². The molecule has 4 aliphatic heterocycles. The lowest BCUT2D eigenvalue weighted by atomic mass is 9.76. The molecule has 4 aliphatic rings. The summed E-state index contributed by atoms with van der Waals surface area (Å²) in [7, 11) is 0. The van der Waals surface area contributed by atoms with Crippen molar-refractivity contribution in [2.45, 2.75) is 77.2 Å². The number of hydrogen-bond donors (Lipinski definition) is 0. The maximum atomic E-state index is 6.35. The predicted molar refractivity (Wildman–Crippen MR) is 104 cm³/mol. The van der Waals surface area contributed by atoms with Gasteiger partial charge < -0.3 is 28.4 Å². The zero-order chi connectivity index (χ0) is 19.5. The van der Waals surface area contributed by atoms with Crippen LogP contribution in [0.3, 0.4) is 0 Å². The molecule has 6 heteroatoms. The topological polar surface area (TPSA) is 55.4 Å². The molecule has 0 spiro atoms. The molecule has 0 radical (unpaired) electrons. The van der Waals surface area contributed by atoms with Gasteiger partial charge in [0.2, 0.25) is 0 Å². The lowest BCUT2D eigenvalue weighted by Crippen LogP contribution is -2.45. The summed E-state index contributed by atoms with van der Waals surface area (Å²) >= 11 is 0. The molecule has 0 aromatic heterocycles. The van der Waals surface area contributed by atoms with Crippen LogP contribution in [0.4, 0.5) is 0 Å². The van der Waals surface area contributed by atoms with Gasteiger partial charge in [0.15, 0.2) is 6.29 Å². The Kier molecular flexibility index (Phi) is 7.29. The average molecular weight is 399 g/mol. The van der Waals surface area contributed by atoms with E-state index in [1.54, 1.807) is 0 Å². The van der Waals surface area contributed by atoms with Gasteiger partial charge >= 0.3 is 0 Å². The van der Waals surface area contributed by atoms with Gasteiger partial charge in [-0.3, -0.25) is 0 Å². The van der Waals surface area contributed by atoms with Crippen molar-refractivity contribution in [2.24, 2.45) is 23.7 Å². The van der Waals surface area contributed by atoms with Gasteiger partial charge in [0, 0.05) is 56.7 Å². The van der Waals surface area contributed by atoms with Crippen molar-refractivity contribution in [3.63, 3.8) is 0 Å². The first kappa shape index (κ1) is 21.0. The van der Waals surface area contributed by atoms with Crippen LogP contribution in [0.5, 0.6) is 0 Å². The first-order chi connectivity index (χ1) is 13.7. The van der Waals surface area contributed by atoms with Crippen LogP contribution in [-0.4, -0.2) is 70.3 Å². The van der Waals surface area contributed by atoms with Crippen molar-refractivity contribution < 1.29 is 28.4 Å². The highest BCUT2D eigenvalue weighted by Crippen LogP contribution is 2.45. The van der Waals surface area contributed by atoms with Crippen molar-refractivity contribution in [1.82, 2.24) is 0 Å². The maximum absolute atomic E-state index is 6.35. The van der Waals surface area contributed by atoms with Crippen molar-refractivity contribution >= 4 is 0 Å². The maximum Gasteiger partial charge on any atom is 0.162 e. The average Bonchev–Trinajstić information content (AvgIpc) is 3.45. The van der Waals surface area contributed by atoms with Gasteiger partial charge in [-0.15, -0.1) is 0 Å². The predicted octanol–water partition coefficient (Wildman–Crippen LogP) is 3.03. The molecule has 9 atom stereocenters. The molecule has 6 nitrogen and oxygen atoms in total. The summed E-state index contributed by atoms with van der Waals surface area (Å²) in [6.45, 7) is 11.0. The van der Waals surface area contributed by atoms with Crippen LogP contribution in [0.1, 0.15) is 46.5 Å². The summed E-state index contributed by atoms with van der Waals surface area (Å²) in [5.41, 5.74) is 0. The zero-order valence-corrected chi connectivity index (χ0v) is 17.7. The van der Waals surface area contributed by atoms with Crippen LogP contribution in [-0.2, 0) is 28.4 Å². The Morgan fingerprint density at radius 1 is 0.714 bits per heavy atom. The summed E-state index contributed by atoms with van der Waals surface area (Å²) in [5.74, 6) is 1.59. The van der Waals surface area contributed by atoms with Crippen LogP contribution in [0.25, 0.3) is 0 Å². The third-order valence-electron chi connectivity index (χ3n) is 7.26. The Morgan fingerprint density at radius 3 is 2.00 bits per heavy atom. The molecule has 0 saturated carbocycles. The second kappa shape index (κ2) is 9.71. The van der Waals surface area contributed by atoms with E-state index < -0.39 is 0 Å². The molecule has 4 rings (SSSR count). The van der Waals surface area contributed by atoms with E-state index in [1.807, 2.05) is 6.92 Å². The summed E-state index contributed by atoms with van der Waals surface area (Å²) in [6.07, 6.45) is 4.92.